The van der Waals surface area contributed by atoms with Gasteiger partial charge >= 0.3 is 5.97 Å². The third-order valence-electron chi connectivity index (χ3n) is 5.09. The molecule has 9 heteroatoms. The van der Waals surface area contributed by atoms with Crippen LogP contribution in [0.5, 0.6) is 0 Å². The third kappa shape index (κ3) is 6.00. The van der Waals surface area contributed by atoms with Crippen molar-refractivity contribution in [3.05, 3.63) is 71.7 Å². The van der Waals surface area contributed by atoms with E-state index in [1.54, 1.807) is 16.8 Å². The summed E-state index contributed by atoms with van der Waals surface area (Å²) in [7, 11) is -2.47. The van der Waals surface area contributed by atoms with Crippen molar-refractivity contribution in [2.75, 3.05) is 13.3 Å². The summed E-state index contributed by atoms with van der Waals surface area (Å²) >= 11 is 0. The van der Waals surface area contributed by atoms with Crippen LogP contribution in [0.15, 0.2) is 54.6 Å². The number of carboxylic acid groups (broad SMARTS) is 1. The first-order valence-corrected chi connectivity index (χ1v) is 12.5. The molecule has 1 heterocycles. The Hall–Kier alpha value is -3.24. The molecule has 0 aliphatic carbocycles. The van der Waals surface area contributed by atoms with Crippen LogP contribution >= 0.6 is 7.37 Å². The summed E-state index contributed by atoms with van der Waals surface area (Å²) in [6.45, 7) is 3.95. The maximum atomic E-state index is 13.6. The van der Waals surface area contributed by atoms with Gasteiger partial charge in [-0.2, -0.15) is 5.10 Å². The average molecular weight is 484 g/mol. The molecule has 34 heavy (non-hydrogen) atoms. The zero-order valence-electron chi connectivity index (χ0n) is 19.1. The molecule has 178 valence electrons. The van der Waals surface area contributed by atoms with E-state index in [0.717, 1.165) is 11.4 Å². The van der Waals surface area contributed by atoms with Crippen molar-refractivity contribution in [3.63, 3.8) is 0 Å². The number of aliphatic hydroxyl groups is 1. The Balaban J connectivity index is 2.19. The molecule has 0 bridgehead atoms. The zero-order valence-corrected chi connectivity index (χ0v) is 20.0. The molecule has 0 radical (unpaired) electrons. The van der Waals surface area contributed by atoms with E-state index in [9.17, 15) is 18.9 Å². The first-order valence-electron chi connectivity index (χ1n) is 10.7. The SMILES string of the molecule is COP(=O)(C#Cc1c(-c2ccc(F)cc2)nn(-c2ccccc2)c1C(C)C)CC(O)CC(=O)O. The smallest absolute Gasteiger partial charge is 0.305 e. The van der Waals surface area contributed by atoms with Crippen molar-refractivity contribution < 1.29 is 28.5 Å². The first kappa shape index (κ1) is 25.4. The fourth-order valence-corrected chi connectivity index (χ4v) is 4.81. The van der Waals surface area contributed by atoms with Crippen LogP contribution in [0.4, 0.5) is 4.39 Å². The van der Waals surface area contributed by atoms with Crippen LogP contribution in [-0.4, -0.2) is 45.3 Å². The lowest BCUT2D eigenvalue weighted by molar-refractivity contribution is -0.138. The Bertz CT molecular complexity index is 1260. The Morgan fingerprint density at radius 3 is 2.38 bits per heavy atom. The maximum Gasteiger partial charge on any atom is 0.305 e. The normalized spacial score (nSPS) is 13.7. The molecule has 0 saturated carbocycles. The van der Waals surface area contributed by atoms with Crippen LogP contribution in [0.2, 0.25) is 0 Å². The highest BCUT2D eigenvalue weighted by molar-refractivity contribution is 7.64. The summed E-state index contributed by atoms with van der Waals surface area (Å²) in [4.78, 5) is 10.9. The number of aromatic nitrogens is 2. The lowest BCUT2D eigenvalue weighted by atomic mass is 10.0. The molecule has 2 aromatic carbocycles. The van der Waals surface area contributed by atoms with Gasteiger partial charge in [0.05, 0.1) is 35.6 Å². The number of benzene rings is 2. The molecule has 2 unspecified atom stereocenters. The fourth-order valence-electron chi connectivity index (χ4n) is 3.51. The number of para-hydroxylation sites is 1. The van der Waals surface area contributed by atoms with E-state index in [4.69, 9.17) is 14.7 Å². The number of carboxylic acids is 1. The van der Waals surface area contributed by atoms with Gasteiger partial charge in [-0.15, -0.1) is 0 Å². The molecule has 0 amide bonds. The highest BCUT2D eigenvalue weighted by atomic mass is 31.2. The summed E-state index contributed by atoms with van der Waals surface area (Å²) in [6, 6.07) is 15.3. The molecule has 2 atom stereocenters. The van der Waals surface area contributed by atoms with Crippen molar-refractivity contribution in [1.29, 1.82) is 0 Å². The second-order valence-electron chi connectivity index (χ2n) is 8.04. The van der Waals surface area contributed by atoms with E-state index < -0.39 is 32.0 Å². The topological polar surface area (TPSA) is 102 Å². The predicted octanol–water partition coefficient (Wildman–Crippen LogP) is 4.87. The lowest BCUT2D eigenvalue weighted by Gasteiger charge is -2.13. The largest absolute Gasteiger partial charge is 0.481 e. The molecule has 0 aliphatic rings. The molecular formula is C25H26FN2O5P. The number of hydrogen-bond donors (Lipinski definition) is 2. The number of nitrogens with zero attached hydrogens (tertiary/aromatic N) is 2. The second-order valence-corrected chi connectivity index (χ2v) is 10.3. The lowest BCUT2D eigenvalue weighted by Crippen LogP contribution is -2.17. The number of hydrogen-bond acceptors (Lipinski definition) is 5. The van der Waals surface area contributed by atoms with Crippen LogP contribution in [0, 0.1) is 17.4 Å². The molecule has 1 aromatic heterocycles. The van der Waals surface area contributed by atoms with Gasteiger partial charge in [0.25, 0.3) is 7.37 Å². The van der Waals surface area contributed by atoms with Crippen LogP contribution < -0.4 is 0 Å². The van der Waals surface area contributed by atoms with Crippen molar-refractivity contribution in [2.24, 2.45) is 0 Å². The van der Waals surface area contributed by atoms with Crippen molar-refractivity contribution in [2.45, 2.75) is 32.3 Å². The molecule has 0 aliphatic heterocycles. The van der Waals surface area contributed by atoms with E-state index in [1.165, 1.54) is 19.2 Å². The summed E-state index contributed by atoms with van der Waals surface area (Å²) in [6.07, 6.45) is -2.36. The van der Waals surface area contributed by atoms with E-state index in [-0.39, 0.29) is 11.7 Å². The number of halogens is 1. The van der Waals surface area contributed by atoms with Gasteiger partial charge in [-0.25, -0.2) is 9.07 Å². The Labute approximate surface area is 197 Å². The molecule has 0 spiro atoms. The van der Waals surface area contributed by atoms with Crippen LogP contribution in [0.1, 0.15) is 37.4 Å². The van der Waals surface area contributed by atoms with Gasteiger partial charge in [0, 0.05) is 12.7 Å². The Morgan fingerprint density at radius 2 is 1.82 bits per heavy atom. The summed E-state index contributed by atoms with van der Waals surface area (Å²) in [5.74, 6) is 1.30. The minimum absolute atomic E-state index is 0.0364. The Morgan fingerprint density at radius 1 is 1.18 bits per heavy atom. The van der Waals surface area contributed by atoms with Crippen molar-refractivity contribution >= 4 is 13.3 Å². The number of carbonyl (C=O) groups is 1. The standard InChI is InChI=1S/C25H26FN2O5P/c1-17(2)25-22(13-14-34(32,33-3)16-21(29)15-23(30)31)24(18-9-11-19(26)12-10-18)27-28(25)20-7-5-4-6-8-20/h4-12,17,21,29H,15-16H2,1-3H3,(H,30,31). The minimum Gasteiger partial charge on any atom is -0.481 e. The summed E-state index contributed by atoms with van der Waals surface area (Å²) < 4.78 is 33.6. The van der Waals surface area contributed by atoms with Gasteiger partial charge in [-0.3, -0.25) is 9.36 Å². The van der Waals surface area contributed by atoms with Crippen LogP contribution in [-0.2, 0) is 13.9 Å². The molecular weight excluding hydrogens is 458 g/mol. The van der Waals surface area contributed by atoms with E-state index >= 15 is 0 Å². The minimum atomic E-state index is -3.68. The van der Waals surface area contributed by atoms with Crippen molar-refractivity contribution in [1.82, 2.24) is 9.78 Å². The predicted molar refractivity (Wildman–Crippen MR) is 128 cm³/mol. The number of aliphatic hydroxyl groups excluding tert-OH is 1. The van der Waals surface area contributed by atoms with Crippen LogP contribution in [0.25, 0.3) is 16.9 Å². The average Bonchev–Trinajstić information content (AvgIpc) is 3.18. The van der Waals surface area contributed by atoms with E-state index in [2.05, 4.69) is 11.6 Å². The molecule has 3 rings (SSSR count). The molecule has 0 fully saturated rings. The van der Waals surface area contributed by atoms with Gasteiger partial charge in [0.15, 0.2) is 0 Å². The Kier molecular flexibility index (Phi) is 8.06. The van der Waals surface area contributed by atoms with E-state index in [1.807, 2.05) is 44.2 Å². The zero-order chi connectivity index (χ0) is 24.9. The fraction of sp³-hybridized carbons (Fsp3) is 0.280. The molecule has 0 saturated heterocycles. The number of aliphatic carboxylic acids is 1. The maximum absolute atomic E-state index is 13.6. The van der Waals surface area contributed by atoms with Gasteiger partial charge in [0.2, 0.25) is 0 Å². The molecule has 7 nitrogen and oxygen atoms in total. The monoisotopic (exact) mass is 484 g/mol. The van der Waals surface area contributed by atoms with Gasteiger partial charge in [-0.05, 0) is 48.0 Å². The second kappa shape index (κ2) is 10.8. The van der Waals surface area contributed by atoms with Crippen LogP contribution in [0.3, 0.4) is 0 Å². The third-order valence-corrected chi connectivity index (χ3v) is 7.04. The first-order chi connectivity index (χ1) is 16.1. The number of rotatable bonds is 8. The van der Waals surface area contributed by atoms with E-state index in [0.29, 0.717) is 16.8 Å². The van der Waals surface area contributed by atoms with Crippen molar-refractivity contribution in [3.8, 4) is 28.5 Å². The summed E-state index contributed by atoms with van der Waals surface area (Å²) in [5.41, 5.74) is 5.81. The summed E-state index contributed by atoms with van der Waals surface area (Å²) in [5, 5.41) is 23.6. The van der Waals surface area contributed by atoms with Gasteiger partial charge < -0.3 is 14.7 Å². The molecule has 2 N–H and O–H groups in total. The quantitative estimate of drug-likeness (QED) is 0.349. The highest BCUT2D eigenvalue weighted by Crippen LogP contribution is 2.46. The molecule has 3 aromatic rings. The van der Waals surface area contributed by atoms with Gasteiger partial charge in [0.1, 0.15) is 11.5 Å². The highest BCUT2D eigenvalue weighted by Gasteiger charge is 2.27. The van der Waals surface area contributed by atoms with Gasteiger partial charge in [-0.1, -0.05) is 38.0 Å².